The smallest absolute Gasteiger partial charge is 0.130 e. The summed E-state index contributed by atoms with van der Waals surface area (Å²) in [5.74, 6) is 5.55. The molecule has 0 amide bonds. The molecule has 0 radical (unpaired) electrons. The summed E-state index contributed by atoms with van der Waals surface area (Å²) in [6.07, 6.45) is 0.868. The van der Waals surface area contributed by atoms with E-state index in [4.69, 9.17) is 10.5 Å². The quantitative estimate of drug-likeness (QED) is 0.875. The molecular weight excluding hydrogens is 269 g/mol. The van der Waals surface area contributed by atoms with Gasteiger partial charge in [-0.05, 0) is 24.6 Å². The Hall–Kier alpha value is -2.32. The molecule has 0 aliphatic rings. The van der Waals surface area contributed by atoms with E-state index in [0.29, 0.717) is 17.9 Å². The summed E-state index contributed by atoms with van der Waals surface area (Å²) >= 11 is 0. The van der Waals surface area contributed by atoms with Gasteiger partial charge in [0.1, 0.15) is 18.2 Å². The van der Waals surface area contributed by atoms with Gasteiger partial charge >= 0.3 is 0 Å². The summed E-state index contributed by atoms with van der Waals surface area (Å²) < 4.78 is 20.9. The number of nitrogens with zero attached hydrogens (tertiary/aromatic N) is 2. The maximum absolute atomic E-state index is 13.5. The van der Waals surface area contributed by atoms with E-state index < -0.39 is 0 Å². The van der Waals surface area contributed by atoms with Crippen molar-refractivity contribution in [2.75, 3.05) is 6.54 Å². The highest BCUT2D eigenvalue weighted by Crippen LogP contribution is 2.17. The lowest BCUT2D eigenvalue weighted by atomic mass is 10.2. The van der Waals surface area contributed by atoms with Gasteiger partial charge in [0.05, 0.1) is 17.9 Å². The van der Waals surface area contributed by atoms with Crippen molar-refractivity contribution in [3.63, 3.8) is 0 Å². The number of aromatic nitrogens is 2. The Kier molecular flexibility index (Phi) is 4.96. The molecular formula is C16H18FN3O. The van der Waals surface area contributed by atoms with E-state index in [2.05, 4.69) is 16.9 Å². The molecule has 1 aromatic carbocycles. The van der Waals surface area contributed by atoms with Crippen LogP contribution in [0.5, 0.6) is 5.75 Å². The average Bonchev–Trinajstić information content (AvgIpc) is 2.83. The number of benzene rings is 1. The van der Waals surface area contributed by atoms with E-state index >= 15 is 0 Å². The molecule has 0 aliphatic heterocycles. The maximum Gasteiger partial charge on any atom is 0.130 e. The van der Waals surface area contributed by atoms with Crippen LogP contribution in [0.3, 0.4) is 0 Å². The van der Waals surface area contributed by atoms with Crippen LogP contribution in [0.25, 0.3) is 0 Å². The standard InChI is InChI=1S/C16H18FN3O/c1-3-14-10-15(20(2)19-14)11-21-16-8-12(5-4-6-18)7-13(17)9-16/h7-10H,3,6,11,18H2,1-2H3. The van der Waals surface area contributed by atoms with Crippen molar-refractivity contribution in [2.45, 2.75) is 20.0 Å². The summed E-state index contributed by atoms with van der Waals surface area (Å²) in [6.45, 7) is 2.61. The zero-order chi connectivity index (χ0) is 15.2. The van der Waals surface area contributed by atoms with Crippen LogP contribution in [-0.2, 0) is 20.1 Å². The van der Waals surface area contributed by atoms with Gasteiger partial charge in [-0.15, -0.1) is 0 Å². The molecule has 1 heterocycles. The van der Waals surface area contributed by atoms with Crippen LogP contribution in [0, 0.1) is 17.7 Å². The van der Waals surface area contributed by atoms with Crippen LogP contribution < -0.4 is 10.5 Å². The monoisotopic (exact) mass is 287 g/mol. The van der Waals surface area contributed by atoms with E-state index in [1.54, 1.807) is 10.7 Å². The first-order valence-corrected chi connectivity index (χ1v) is 6.76. The Balaban J connectivity index is 2.12. The fraction of sp³-hybridized carbons (Fsp3) is 0.312. The number of aryl methyl sites for hydroxylation is 2. The van der Waals surface area contributed by atoms with Crippen molar-refractivity contribution >= 4 is 0 Å². The minimum Gasteiger partial charge on any atom is -0.487 e. The molecule has 0 atom stereocenters. The second kappa shape index (κ2) is 6.91. The van der Waals surface area contributed by atoms with Crippen LogP contribution in [-0.4, -0.2) is 16.3 Å². The van der Waals surface area contributed by atoms with E-state index in [1.165, 1.54) is 12.1 Å². The first-order chi connectivity index (χ1) is 10.1. The Morgan fingerprint density at radius 1 is 1.33 bits per heavy atom. The lowest BCUT2D eigenvalue weighted by molar-refractivity contribution is 0.293. The molecule has 21 heavy (non-hydrogen) atoms. The third-order valence-electron chi connectivity index (χ3n) is 2.98. The number of nitrogens with two attached hydrogens (primary N) is 1. The molecule has 2 rings (SSSR count). The summed E-state index contributed by atoms with van der Waals surface area (Å²) in [5, 5.41) is 4.34. The molecule has 0 unspecified atom stereocenters. The highest BCUT2D eigenvalue weighted by Gasteiger charge is 2.06. The van der Waals surface area contributed by atoms with Gasteiger partial charge in [0.25, 0.3) is 0 Å². The first-order valence-electron chi connectivity index (χ1n) is 6.76. The second-order valence-corrected chi connectivity index (χ2v) is 4.57. The number of halogens is 1. The zero-order valence-corrected chi connectivity index (χ0v) is 12.2. The van der Waals surface area contributed by atoms with Crippen molar-refractivity contribution in [1.29, 1.82) is 0 Å². The normalized spacial score (nSPS) is 10.1. The number of hydrogen-bond donors (Lipinski definition) is 1. The zero-order valence-electron chi connectivity index (χ0n) is 12.2. The number of rotatable bonds is 4. The molecule has 1 aromatic heterocycles. The number of hydrogen-bond acceptors (Lipinski definition) is 3. The largest absolute Gasteiger partial charge is 0.487 e. The van der Waals surface area contributed by atoms with Gasteiger partial charge < -0.3 is 10.5 Å². The van der Waals surface area contributed by atoms with Gasteiger partial charge in [0.2, 0.25) is 0 Å². The van der Waals surface area contributed by atoms with Crippen LogP contribution in [0.1, 0.15) is 23.9 Å². The van der Waals surface area contributed by atoms with Crippen LogP contribution in [0.4, 0.5) is 4.39 Å². The molecule has 2 aromatic rings. The third-order valence-corrected chi connectivity index (χ3v) is 2.98. The van der Waals surface area contributed by atoms with E-state index in [-0.39, 0.29) is 12.4 Å². The molecule has 2 N–H and O–H groups in total. The van der Waals surface area contributed by atoms with Crippen LogP contribution in [0.15, 0.2) is 24.3 Å². The van der Waals surface area contributed by atoms with Gasteiger partial charge in [0.15, 0.2) is 0 Å². The van der Waals surface area contributed by atoms with Gasteiger partial charge in [-0.2, -0.15) is 5.10 Å². The summed E-state index contributed by atoms with van der Waals surface area (Å²) in [5.41, 5.74) is 7.80. The van der Waals surface area contributed by atoms with Crippen molar-refractivity contribution in [3.8, 4) is 17.6 Å². The van der Waals surface area contributed by atoms with Crippen molar-refractivity contribution in [2.24, 2.45) is 12.8 Å². The van der Waals surface area contributed by atoms with Crippen molar-refractivity contribution < 1.29 is 9.13 Å². The van der Waals surface area contributed by atoms with Gasteiger partial charge in [-0.25, -0.2) is 4.39 Å². The molecule has 0 aliphatic carbocycles. The summed E-state index contributed by atoms with van der Waals surface area (Å²) in [4.78, 5) is 0. The van der Waals surface area contributed by atoms with Crippen LogP contribution in [0.2, 0.25) is 0 Å². The molecule has 0 saturated carbocycles. The predicted molar refractivity (Wildman–Crippen MR) is 79.3 cm³/mol. The Labute approximate surface area is 123 Å². The molecule has 0 bridgehead atoms. The van der Waals surface area contributed by atoms with E-state index in [0.717, 1.165) is 17.8 Å². The van der Waals surface area contributed by atoms with E-state index in [9.17, 15) is 4.39 Å². The molecule has 0 spiro atoms. The minimum atomic E-state index is -0.381. The fourth-order valence-corrected chi connectivity index (χ4v) is 1.91. The van der Waals surface area contributed by atoms with E-state index in [1.807, 2.05) is 20.0 Å². The van der Waals surface area contributed by atoms with Gasteiger partial charge in [-0.3, -0.25) is 4.68 Å². The van der Waals surface area contributed by atoms with Crippen LogP contribution >= 0.6 is 0 Å². The Morgan fingerprint density at radius 2 is 2.14 bits per heavy atom. The lowest BCUT2D eigenvalue weighted by Crippen LogP contribution is -2.03. The van der Waals surface area contributed by atoms with Crippen molar-refractivity contribution in [3.05, 3.63) is 47.0 Å². The van der Waals surface area contributed by atoms with Crippen molar-refractivity contribution in [1.82, 2.24) is 9.78 Å². The highest BCUT2D eigenvalue weighted by molar-refractivity contribution is 5.40. The number of ether oxygens (including phenoxy) is 1. The first kappa shape index (κ1) is 15.1. The SMILES string of the molecule is CCc1cc(COc2cc(F)cc(C#CCN)c2)n(C)n1. The Morgan fingerprint density at radius 3 is 2.81 bits per heavy atom. The minimum absolute atomic E-state index is 0.238. The molecule has 4 nitrogen and oxygen atoms in total. The van der Waals surface area contributed by atoms with Gasteiger partial charge in [-0.1, -0.05) is 18.8 Å². The van der Waals surface area contributed by atoms with Gasteiger partial charge in [0, 0.05) is 18.7 Å². The molecule has 5 heteroatoms. The maximum atomic E-state index is 13.5. The average molecular weight is 287 g/mol. The molecule has 110 valence electrons. The summed E-state index contributed by atoms with van der Waals surface area (Å²) in [7, 11) is 1.86. The Bertz CT molecular complexity index is 683. The highest BCUT2D eigenvalue weighted by atomic mass is 19.1. The fourth-order valence-electron chi connectivity index (χ4n) is 1.91. The predicted octanol–water partition coefficient (Wildman–Crippen LogP) is 2.01. The molecule has 0 fully saturated rings. The molecule has 0 saturated heterocycles. The lowest BCUT2D eigenvalue weighted by Gasteiger charge is -2.07. The third kappa shape index (κ3) is 4.07. The topological polar surface area (TPSA) is 53.1 Å². The second-order valence-electron chi connectivity index (χ2n) is 4.57. The summed E-state index contributed by atoms with van der Waals surface area (Å²) in [6, 6.07) is 6.37.